The van der Waals surface area contributed by atoms with Crippen LogP contribution in [0.3, 0.4) is 0 Å². The number of anilines is 1. The zero-order valence-electron chi connectivity index (χ0n) is 10.5. The summed E-state index contributed by atoms with van der Waals surface area (Å²) >= 11 is 0. The highest BCUT2D eigenvalue weighted by Crippen LogP contribution is 2.31. The molecule has 6 heteroatoms. The molecule has 0 unspecified atom stereocenters. The van der Waals surface area contributed by atoms with E-state index < -0.39 is 11.7 Å². The topological polar surface area (TPSA) is 36.4 Å². The van der Waals surface area contributed by atoms with E-state index in [1.165, 1.54) is 6.08 Å². The molecule has 2 heterocycles. The number of pyridine rings is 1. The number of nitrogens with zero attached hydrogens (tertiary/aromatic N) is 2. The first-order valence-corrected chi connectivity index (χ1v) is 6.00. The Bertz CT molecular complexity index is 497. The highest BCUT2D eigenvalue weighted by Gasteiger charge is 2.34. The van der Waals surface area contributed by atoms with Crippen molar-refractivity contribution in [3.05, 3.63) is 35.0 Å². The molecule has 0 spiro atoms. The highest BCUT2D eigenvalue weighted by molar-refractivity contribution is 5.44. The third-order valence-corrected chi connectivity index (χ3v) is 3.25. The number of aliphatic hydroxyl groups is 1. The summed E-state index contributed by atoms with van der Waals surface area (Å²) in [5.41, 5.74) is 0.963. The fourth-order valence-electron chi connectivity index (χ4n) is 2.05. The van der Waals surface area contributed by atoms with E-state index in [0.29, 0.717) is 18.1 Å². The van der Waals surface area contributed by atoms with E-state index >= 15 is 0 Å². The summed E-state index contributed by atoms with van der Waals surface area (Å²) in [6, 6.07) is 3.48. The van der Waals surface area contributed by atoms with Crippen molar-refractivity contribution >= 4 is 5.82 Å². The van der Waals surface area contributed by atoms with Gasteiger partial charge in [-0.2, -0.15) is 13.2 Å². The van der Waals surface area contributed by atoms with Crippen molar-refractivity contribution < 1.29 is 18.3 Å². The van der Waals surface area contributed by atoms with Crippen molar-refractivity contribution in [2.45, 2.75) is 26.1 Å². The van der Waals surface area contributed by atoms with Crippen LogP contribution in [0.2, 0.25) is 0 Å². The average molecular weight is 272 g/mol. The third kappa shape index (κ3) is 3.07. The fraction of sp³-hybridized carbons (Fsp3) is 0.462. The molecule has 0 radical (unpaired) electrons. The lowest BCUT2D eigenvalue weighted by Gasteiger charge is -2.28. The quantitative estimate of drug-likeness (QED) is 0.841. The van der Waals surface area contributed by atoms with Gasteiger partial charge in [0.05, 0.1) is 6.61 Å². The largest absolute Gasteiger partial charge is 0.412 e. The zero-order chi connectivity index (χ0) is 14.0. The van der Waals surface area contributed by atoms with Gasteiger partial charge in [0.2, 0.25) is 0 Å². The molecule has 0 saturated carbocycles. The summed E-state index contributed by atoms with van der Waals surface area (Å²) in [7, 11) is 0. The van der Waals surface area contributed by atoms with Crippen molar-refractivity contribution in [2.24, 2.45) is 0 Å². The van der Waals surface area contributed by atoms with Crippen LogP contribution in [-0.4, -0.2) is 29.4 Å². The molecule has 0 bridgehead atoms. The highest BCUT2D eigenvalue weighted by atomic mass is 19.4. The second-order valence-corrected chi connectivity index (χ2v) is 4.50. The fourth-order valence-corrected chi connectivity index (χ4v) is 2.05. The molecule has 2 rings (SSSR count). The third-order valence-electron chi connectivity index (χ3n) is 3.25. The van der Waals surface area contributed by atoms with Gasteiger partial charge in [-0.1, -0.05) is 12.1 Å². The Hall–Kier alpha value is -1.56. The maximum absolute atomic E-state index is 12.5. The van der Waals surface area contributed by atoms with Gasteiger partial charge < -0.3 is 10.0 Å². The van der Waals surface area contributed by atoms with Gasteiger partial charge in [-0.25, -0.2) is 4.98 Å². The Morgan fingerprint density at radius 3 is 2.58 bits per heavy atom. The number of alkyl halides is 3. The molecule has 1 aromatic heterocycles. The summed E-state index contributed by atoms with van der Waals surface area (Å²) in [5.74, 6) is 0.646. The second kappa shape index (κ2) is 5.21. The van der Waals surface area contributed by atoms with Crippen LogP contribution in [0.15, 0.2) is 23.8 Å². The Kier molecular flexibility index (Phi) is 3.80. The smallest absolute Gasteiger partial charge is 0.392 e. The normalized spacial score (nSPS) is 16.5. The molecular formula is C13H15F3N2O. The Balaban J connectivity index is 2.14. The van der Waals surface area contributed by atoms with Crippen LogP contribution in [0.5, 0.6) is 0 Å². The van der Waals surface area contributed by atoms with Crippen molar-refractivity contribution in [1.29, 1.82) is 0 Å². The van der Waals surface area contributed by atoms with Crippen molar-refractivity contribution in [2.75, 3.05) is 18.0 Å². The predicted octanol–water partition coefficient (Wildman–Crippen LogP) is 2.58. The lowest BCUT2D eigenvalue weighted by molar-refractivity contribution is -0.0944. The van der Waals surface area contributed by atoms with Gasteiger partial charge >= 0.3 is 6.18 Å². The van der Waals surface area contributed by atoms with E-state index in [4.69, 9.17) is 5.11 Å². The summed E-state index contributed by atoms with van der Waals surface area (Å²) in [6.07, 6.45) is -3.04. The summed E-state index contributed by atoms with van der Waals surface area (Å²) in [4.78, 5) is 6.11. The molecule has 1 aliphatic rings. The lowest BCUT2D eigenvalue weighted by atomic mass is 10.1. The standard InChI is InChI=1S/C13H15F3N2O/c1-9-10(8-19)2-3-12(17-9)18-6-4-11(5-7-18)13(14,15)16/h2-4,19H,5-8H2,1H3. The Morgan fingerprint density at radius 1 is 1.37 bits per heavy atom. The van der Waals surface area contributed by atoms with E-state index in [-0.39, 0.29) is 19.6 Å². The average Bonchev–Trinajstić information content (AvgIpc) is 2.38. The maximum Gasteiger partial charge on any atom is 0.412 e. The van der Waals surface area contributed by atoms with Gasteiger partial charge in [0.25, 0.3) is 0 Å². The van der Waals surface area contributed by atoms with Gasteiger partial charge in [0, 0.05) is 24.4 Å². The monoisotopic (exact) mass is 272 g/mol. The minimum absolute atomic E-state index is 0.0218. The molecule has 1 aliphatic heterocycles. The number of hydrogen-bond donors (Lipinski definition) is 1. The Labute approximate surface area is 109 Å². The number of aliphatic hydroxyl groups excluding tert-OH is 1. The lowest BCUT2D eigenvalue weighted by Crippen LogP contribution is -2.32. The second-order valence-electron chi connectivity index (χ2n) is 4.50. The predicted molar refractivity (Wildman–Crippen MR) is 65.9 cm³/mol. The SMILES string of the molecule is Cc1nc(N2CC=C(C(F)(F)F)CC2)ccc1CO. The molecule has 19 heavy (non-hydrogen) atoms. The molecule has 0 atom stereocenters. The van der Waals surface area contributed by atoms with Crippen LogP contribution in [0, 0.1) is 6.92 Å². The number of hydrogen-bond acceptors (Lipinski definition) is 3. The molecule has 0 aromatic carbocycles. The summed E-state index contributed by atoms with van der Waals surface area (Å²) in [5, 5.41) is 9.06. The zero-order valence-corrected chi connectivity index (χ0v) is 10.5. The first-order chi connectivity index (χ1) is 8.91. The molecule has 1 aromatic rings. The van der Waals surface area contributed by atoms with Crippen LogP contribution < -0.4 is 4.90 Å². The molecule has 1 N–H and O–H groups in total. The van der Waals surface area contributed by atoms with Gasteiger partial charge in [-0.15, -0.1) is 0 Å². The number of aromatic nitrogens is 1. The van der Waals surface area contributed by atoms with Crippen LogP contribution in [-0.2, 0) is 6.61 Å². The molecule has 0 fully saturated rings. The van der Waals surface area contributed by atoms with E-state index in [1.807, 2.05) is 0 Å². The number of rotatable bonds is 2. The first kappa shape index (κ1) is 13.9. The summed E-state index contributed by atoms with van der Waals surface area (Å²) < 4.78 is 37.5. The van der Waals surface area contributed by atoms with E-state index in [1.54, 1.807) is 24.0 Å². The molecule has 104 valence electrons. The minimum atomic E-state index is -4.23. The van der Waals surface area contributed by atoms with Crippen molar-refractivity contribution in [3.8, 4) is 0 Å². The van der Waals surface area contributed by atoms with Crippen LogP contribution >= 0.6 is 0 Å². The van der Waals surface area contributed by atoms with E-state index in [2.05, 4.69) is 4.98 Å². The van der Waals surface area contributed by atoms with E-state index in [0.717, 1.165) is 5.56 Å². The van der Waals surface area contributed by atoms with Crippen LogP contribution in [0.1, 0.15) is 17.7 Å². The van der Waals surface area contributed by atoms with Gasteiger partial charge in [-0.05, 0) is 25.0 Å². The van der Waals surface area contributed by atoms with E-state index in [9.17, 15) is 13.2 Å². The van der Waals surface area contributed by atoms with Crippen molar-refractivity contribution in [1.82, 2.24) is 4.98 Å². The number of halogens is 3. The van der Waals surface area contributed by atoms with Crippen molar-refractivity contribution in [3.63, 3.8) is 0 Å². The van der Waals surface area contributed by atoms with Gasteiger partial charge in [0.15, 0.2) is 0 Å². The molecule has 0 amide bonds. The Morgan fingerprint density at radius 2 is 2.11 bits per heavy atom. The van der Waals surface area contributed by atoms with Crippen LogP contribution in [0.25, 0.3) is 0 Å². The maximum atomic E-state index is 12.5. The first-order valence-electron chi connectivity index (χ1n) is 6.00. The molecule has 0 saturated heterocycles. The van der Waals surface area contributed by atoms with Gasteiger partial charge in [-0.3, -0.25) is 0 Å². The van der Waals surface area contributed by atoms with Gasteiger partial charge in [0.1, 0.15) is 5.82 Å². The number of aryl methyl sites for hydroxylation is 1. The molecule has 3 nitrogen and oxygen atoms in total. The minimum Gasteiger partial charge on any atom is -0.392 e. The van der Waals surface area contributed by atoms with Crippen LogP contribution in [0.4, 0.5) is 19.0 Å². The summed E-state index contributed by atoms with van der Waals surface area (Å²) in [6.45, 7) is 2.20. The molecule has 0 aliphatic carbocycles. The molecular weight excluding hydrogens is 257 g/mol.